The molecule has 0 saturated heterocycles. The van der Waals surface area contributed by atoms with Crippen LogP contribution in [0.3, 0.4) is 0 Å². The van der Waals surface area contributed by atoms with Crippen molar-refractivity contribution in [3.05, 3.63) is 65.9 Å². The van der Waals surface area contributed by atoms with E-state index in [9.17, 15) is 0 Å². The van der Waals surface area contributed by atoms with Crippen LogP contribution < -0.4 is 10.1 Å². The van der Waals surface area contributed by atoms with Gasteiger partial charge in [-0.05, 0) is 37.1 Å². The van der Waals surface area contributed by atoms with Gasteiger partial charge in [0.15, 0.2) is 0 Å². The number of rotatable bonds is 4. The number of hydrogen-bond acceptors (Lipinski definition) is 4. The van der Waals surface area contributed by atoms with Gasteiger partial charge in [-0.3, -0.25) is 4.68 Å². The van der Waals surface area contributed by atoms with Crippen LogP contribution in [0, 0.1) is 11.3 Å². The number of nitrogens with one attached hydrogen (secondary N) is 2. The second-order valence-corrected chi connectivity index (χ2v) is 7.40. The normalized spacial score (nSPS) is 20.4. The van der Waals surface area contributed by atoms with Crippen LogP contribution in [0.25, 0.3) is 11.3 Å². The lowest BCUT2D eigenvalue weighted by Crippen LogP contribution is -2.35. The van der Waals surface area contributed by atoms with E-state index in [1.807, 2.05) is 22.9 Å². The van der Waals surface area contributed by atoms with Crippen LogP contribution in [-0.4, -0.2) is 22.0 Å². The maximum Gasteiger partial charge on any atom is 0.130 e. The molecule has 3 aromatic rings. The first kappa shape index (κ1) is 16.1. The zero-order valence-corrected chi connectivity index (χ0v) is 15.1. The lowest BCUT2D eigenvalue weighted by molar-refractivity contribution is 0.301. The molecule has 1 aromatic heterocycles. The average molecular weight is 358 g/mol. The summed E-state index contributed by atoms with van der Waals surface area (Å²) in [6.45, 7) is 1.24. The molecule has 0 bridgehead atoms. The highest BCUT2D eigenvalue weighted by Gasteiger charge is 2.27. The maximum absolute atomic E-state index is 7.32. The van der Waals surface area contributed by atoms with Gasteiger partial charge in [-0.25, -0.2) is 0 Å². The summed E-state index contributed by atoms with van der Waals surface area (Å²) in [6, 6.07) is 19.2. The van der Waals surface area contributed by atoms with Crippen molar-refractivity contribution in [3.8, 4) is 17.0 Å². The van der Waals surface area contributed by atoms with E-state index in [1.165, 1.54) is 0 Å². The fourth-order valence-corrected chi connectivity index (χ4v) is 3.83. The SMILES string of the molecule is N=CC1CC(Nc2ccc3c(c2)OCc2cc(-c4ccccc4)nn2C3)C1. The predicted molar refractivity (Wildman–Crippen MR) is 106 cm³/mol. The van der Waals surface area contributed by atoms with E-state index >= 15 is 0 Å². The molecule has 5 heteroatoms. The van der Waals surface area contributed by atoms with Crippen LogP contribution in [-0.2, 0) is 13.2 Å². The van der Waals surface area contributed by atoms with Crippen molar-refractivity contribution in [1.29, 1.82) is 5.41 Å². The van der Waals surface area contributed by atoms with Crippen molar-refractivity contribution in [1.82, 2.24) is 9.78 Å². The lowest BCUT2D eigenvalue weighted by atomic mass is 9.81. The molecule has 27 heavy (non-hydrogen) atoms. The molecule has 5 rings (SSSR count). The molecule has 2 aromatic carbocycles. The minimum Gasteiger partial charge on any atom is -0.487 e. The van der Waals surface area contributed by atoms with Gasteiger partial charge in [-0.15, -0.1) is 0 Å². The molecule has 2 aliphatic rings. The molecule has 1 saturated carbocycles. The second-order valence-electron chi connectivity index (χ2n) is 7.40. The summed E-state index contributed by atoms with van der Waals surface area (Å²) in [5, 5.41) is 15.7. The molecule has 1 aliphatic heterocycles. The number of anilines is 1. The molecular weight excluding hydrogens is 336 g/mol. The molecule has 1 fully saturated rings. The maximum atomic E-state index is 7.32. The van der Waals surface area contributed by atoms with E-state index in [2.05, 4.69) is 41.7 Å². The van der Waals surface area contributed by atoms with Gasteiger partial charge < -0.3 is 15.5 Å². The van der Waals surface area contributed by atoms with Crippen molar-refractivity contribution >= 4 is 11.9 Å². The quantitative estimate of drug-likeness (QED) is 0.682. The number of fused-ring (bicyclic) bond motifs is 2. The monoisotopic (exact) mass is 358 g/mol. The Labute approximate surface area is 158 Å². The third kappa shape index (κ3) is 3.10. The average Bonchev–Trinajstić information content (AvgIpc) is 2.99. The van der Waals surface area contributed by atoms with Crippen molar-refractivity contribution < 1.29 is 4.74 Å². The summed E-state index contributed by atoms with van der Waals surface area (Å²) in [5.74, 6) is 1.37. The van der Waals surface area contributed by atoms with Crippen LogP contribution in [0.5, 0.6) is 5.75 Å². The highest BCUT2D eigenvalue weighted by atomic mass is 16.5. The van der Waals surface area contributed by atoms with Gasteiger partial charge >= 0.3 is 0 Å². The summed E-state index contributed by atoms with van der Waals surface area (Å²) < 4.78 is 8.15. The predicted octanol–water partition coefficient (Wildman–Crippen LogP) is 4.33. The molecular formula is C22H22N4O. The van der Waals surface area contributed by atoms with Crippen LogP contribution in [0.1, 0.15) is 24.1 Å². The van der Waals surface area contributed by atoms with Crippen molar-refractivity contribution in [2.45, 2.75) is 32.0 Å². The van der Waals surface area contributed by atoms with Gasteiger partial charge in [-0.1, -0.05) is 36.4 Å². The van der Waals surface area contributed by atoms with E-state index in [0.29, 0.717) is 18.6 Å². The first-order chi connectivity index (χ1) is 13.3. The van der Waals surface area contributed by atoms with Crippen LogP contribution in [0.15, 0.2) is 54.6 Å². The minimum atomic E-state index is 0.440. The fourth-order valence-electron chi connectivity index (χ4n) is 3.83. The van der Waals surface area contributed by atoms with E-state index in [-0.39, 0.29) is 0 Å². The van der Waals surface area contributed by atoms with E-state index in [1.54, 1.807) is 6.21 Å². The van der Waals surface area contributed by atoms with Crippen molar-refractivity contribution in [2.24, 2.45) is 5.92 Å². The molecule has 0 amide bonds. The van der Waals surface area contributed by atoms with Gasteiger partial charge in [0.25, 0.3) is 0 Å². The zero-order valence-electron chi connectivity index (χ0n) is 15.1. The van der Waals surface area contributed by atoms with Gasteiger partial charge in [0.2, 0.25) is 0 Å². The minimum absolute atomic E-state index is 0.440. The lowest BCUT2D eigenvalue weighted by Gasteiger charge is -2.34. The molecule has 1 aliphatic carbocycles. The zero-order chi connectivity index (χ0) is 18.2. The molecule has 136 valence electrons. The molecule has 5 nitrogen and oxygen atoms in total. The van der Waals surface area contributed by atoms with Gasteiger partial charge in [0.1, 0.15) is 12.4 Å². The third-order valence-corrected chi connectivity index (χ3v) is 5.48. The molecule has 2 N–H and O–H groups in total. The Bertz CT molecular complexity index is 973. The summed E-state index contributed by atoms with van der Waals surface area (Å²) in [5.41, 5.74) is 5.44. The van der Waals surface area contributed by atoms with Crippen LogP contribution >= 0.6 is 0 Å². The smallest absolute Gasteiger partial charge is 0.130 e. The third-order valence-electron chi connectivity index (χ3n) is 5.48. The Kier molecular flexibility index (Phi) is 3.93. The topological polar surface area (TPSA) is 62.9 Å². The second kappa shape index (κ2) is 6.58. The summed E-state index contributed by atoms with van der Waals surface area (Å²) >= 11 is 0. The fraction of sp³-hybridized carbons (Fsp3) is 0.273. The first-order valence-electron chi connectivity index (χ1n) is 9.43. The summed E-state index contributed by atoms with van der Waals surface area (Å²) in [7, 11) is 0. The Hall–Kier alpha value is -3.08. The number of aromatic nitrogens is 2. The van der Waals surface area contributed by atoms with Crippen LogP contribution in [0.4, 0.5) is 5.69 Å². The number of ether oxygens (including phenoxy) is 1. The molecule has 0 spiro atoms. The van der Waals surface area contributed by atoms with Crippen molar-refractivity contribution in [3.63, 3.8) is 0 Å². The highest BCUT2D eigenvalue weighted by molar-refractivity contribution is 5.61. The molecule has 0 radical (unpaired) electrons. The first-order valence-corrected chi connectivity index (χ1v) is 9.43. The van der Waals surface area contributed by atoms with Crippen LogP contribution in [0.2, 0.25) is 0 Å². The van der Waals surface area contributed by atoms with E-state index < -0.39 is 0 Å². The van der Waals surface area contributed by atoms with E-state index in [4.69, 9.17) is 15.2 Å². The van der Waals surface area contributed by atoms with Gasteiger partial charge in [-0.2, -0.15) is 5.10 Å². The van der Waals surface area contributed by atoms with Crippen molar-refractivity contribution in [2.75, 3.05) is 5.32 Å². The molecule has 0 unspecified atom stereocenters. The Morgan fingerprint density at radius 2 is 1.96 bits per heavy atom. The largest absolute Gasteiger partial charge is 0.487 e. The standard InChI is InChI=1S/C22H22N4O/c23-12-15-8-19(9-15)24-18-7-6-17-13-26-20(14-27-22(17)10-18)11-21(25-26)16-4-2-1-3-5-16/h1-7,10-12,15,19,23-24H,8-9,13-14H2. The summed E-state index contributed by atoms with van der Waals surface area (Å²) in [4.78, 5) is 0. The molecule has 2 heterocycles. The highest BCUT2D eigenvalue weighted by Crippen LogP contribution is 2.33. The van der Waals surface area contributed by atoms with Gasteiger partial charge in [0, 0.05) is 28.9 Å². The van der Waals surface area contributed by atoms with E-state index in [0.717, 1.165) is 53.3 Å². The number of nitrogens with zero attached hydrogens (tertiary/aromatic N) is 2. The number of benzene rings is 2. The number of hydrogen-bond donors (Lipinski definition) is 2. The molecule has 0 atom stereocenters. The Morgan fingerprint density at radius 1 is 1.11 bits per heavy atom. The summed E-state index contributed by atoms with van der Waals surface area (Å²) in [6.07, 6.45) is 3.64. The Balaban J connectivity index is 1.35. The van der Waals surface area contributed by atoms with Gasteiger partial charge in [0.05, 0.1) is 17.9 Å². The Morgan fingerprint density at radius 3 is 2.78 bits per heavy atom.